The number of aliphatic hydroxyl groups is 1. The highest BCUT2D eigenvalue weighted by Crippen LogP contribution is 2.39. The lowest BCUT2D eigenvalue weighted by Crippen LogP contribution is -2.33. The average molecular weight is 562 g/mol. The maximum absolute atomic E-state index is 13.1. The van der Waals surface area contributed by atoms with E-state index in [4.69, 9.17) is 4.74 Å². The molecule has 1 fully saturated rings. The number of halogens is 1. The number of aliphatic hydroxyl groups excluding tert-OH is 1. The third-order valence-corrected chi connectivity index (χ3v) is 6.65. The van der Waals surface area contributed by atoms with Gasteiger partial charge >= 0.3 is 0 Å². The molecule has 1 unspecified atom stereocenters. The Morgan fingerprint density at radius 1 is 1.03 bits per heavy atom. The summed E-state index contributed by atoms with van der Waals surface area (Å²) in [6, 6.07) is 14.0. The van der Waals surface area contributed by atoms with E-state index in [1.165, 1.54) is 0 Å². The maximum Gasteiger partial charge on any atom is 0.295 e. The van der Waals surface area contributed by atoms with Gasteiger partial charge < -0.3 is 19.6 Å². The van der Waals surface area contributed by atoms with Gasteiger partial charge in [-0.15, -0.1) is 0 Å². The highest BCUT2D eigenvalue weighted by molar-refractivity contribution is 14.1. The van der Waals surface area contributed by atoms with Gasteiger partial charge in [0.1, 0.15) is 11.5 Å². The summed E-state index contributed by atoms with van der Waals surface area (Å²) >= 11 is 2.22. The second kappa shape index (κ2) is 11.7. The Balaban J connectivity index is 1.99. The quantitative estimate of drug-likeness (QED) is 0.194. The maximum atomic E-state index is 13.1. The van der Waals surface area contributed by atoms with Crippen LogP contribution in [0.4, 0.5) is 0 Å². The summed E-state index contributed by atoms with van der Waals surface area (Å²) in [5.41, 5.74) is 1.42. The molecule has 0 saturated carbocycles. The molecule has 1 aliphatic heterocycles. The second-order valence-corrected chi connectivity index (χ2v) is 9.13. The Bertz CT molecular complexity index is 998. The van der Waals surface area contributed by atoms with Gasteiger partial charge in [0.15, 0.2) is 0 Å². The van der Waals surface area contributed by atoms with Crippen LogP contribution in [-0.4, -0.2) is 59.4 Å². The summed E-state index contributed by atoms with van der Waals surface area (Å²) in [6.07, 6.45) is 0.749. The van der Waals surface area contributed by atoms with Crippen LogP contribution in [0.3, 0.4) is 0 Å². The van der Waals surface area contributed by atoms with E-state index in [1.807, 2.05) is 31.2 Å². The number of Topliss-reactive ketones (excluding diaryl/α,β-unsaturated/α-hetero) is 1. The van der Waals surface area contributed by atoms with Crippen molar-refractivity contribution in [3.8, 4) is 5.75 Å². The van der Waals surface area contributed by atoms with Crippen LogP contribution < -0.4 is 4.74 Å². The molecule has 1 heterocycles. The van der Waals surface area contributed by atoms with E-state index in [0.29, 0.717) is 24.5 Å². The molecule has 2 aromatic rings. The van der Waals surface area contributed by atoms with Gasteiger partial charge in [0.05, 0.1) is 18.2 Å². The van der Waals surface area contributed by atoms with Crippen molar-refractivity contribution in [1.82, 2.24) is 9.80 Å². The number of rotatable bonds is 10. The summed E-state index contributed by atoms with van der Waals surface area (Å²) in [5, 5.41) is 11.2. The number of hydrogen-bond acceptors (Lipinski definition) is 5. The van der Waals surface area contributed by atoms with Crippen LogP contribution in [0.15, 0.2) is 54.1 Å². The smallest absolute Gasteiger partial charge is 0.295 e. The predicted molar refractivity (Wildman–Crippen MR) is 138 cm³/mol. The molecule has 0 spiro atoms. The fourth-order valence-corrected chi connectivity index (χ4v) is 4.50. The third kappa shape index (κ3) is 5.76. The number of nitrogens with zero attached hydrogens (tertiary/aromatic N) is 2. The summed E-state index contributed by atoms with van der Waals surface area (Å²) in [4.78, 5) is 30.1. The number of carbonyl (C=O) groups excluding carboxylic acids is 2. The molecule has 33 heavy (non-hydrogen) atoms. The minimum Gasteiger partial charge on any atom is -0.507 e. The molecule has 2 aromatic carbocycles. The highest BCUT2D eigenvalue weighted by Gasteiger charge is 2.45. The average Bonchev–Trinajstić information content (AvgIpc) is 3.07. The first-order valence-corrected chi connectivity index (χ1v) is 12.5. The summed E-state index contributed by atoms with van der Waals surface area (Å²) in [5.74, 6) is -0.690. The first kappa shape index (κ1) is 25.2. The SMILES string of the molecule is CCOc1ccc(C(O)=C2C(=O)C(=O)N(CCCN(CC)CC)C2c2ccc(I)cc2)cc1. The van der Waals surface area contributed by atoms with Crippen molar-refractivity contribution in [1.29, 1.82) is 0 Å². The van der Waals surface area contributed by atoms with Crippen molar-refractivity contribution in [2.75, 3.05) is 32.8 Å². The van der Waals surface area contributed by atoms with Crippen molar-refractivity contribution < 1.29 is 19.4 Å². The van der Waals surface area contributed by atoms with E-state index in [-0.39, 0.29) is 11.3 Å². The Hall–Kier alpha value is -2.39. The molecule has 1 saturated heterocycles. The normalized spacial score (nSPS) is 17.7. The Labute approximate surface area is 209 Å². The van der Waals surface area contributed by atoms with Gasteiger partial charge in [0, 0.05) is 15.7 Å². The van der Waals surface area contributed by atoms with E-state index in [1.54, 1.807) is 29.2 Å². The van der Waals surface area contributed by atoms with Crippen molar-refractivity contribution >= 4 is 40.0 Å². The molecule has 1 atom stereocenters. The third-order valence-electron chi connectivity index (χ3n) is 5.93. The first-order chi connectivity index (χ1) is 15.9. The fourth-order valence-electron chi connectivity index (χ4n) is 4.14. The first-order valence-electron chi connectivity index (χ1n) is 11.4. The molecule has 176 valence electrons. The number of hydrogen-bond donors (Lipinski definition) is 1. The highest BCUT2D eigenvalue weighted by atomic mass is 127. The van der Waals surface area contributed by atoms with E-state index in [2.05, 4.69) is 41.3 Å². The molecule has 0 aliphatic carbocycles. The lowest BCUT2D eigenvalue weighted by atomic mass is 9.95. The minimum atomic E-state index is -0.646. The molecule has 0 aromatic heterocycles. The van der Waals surface area contributed by atoms with E-state index in [9.17, 15) is 14.7 Å². The topological polar surface area (TPSA) is 70.1 Å². The van der Waals surface area contributed by atoms with Crippen LogP contribution in [0.5, 0.6) is 5.75 Å². The van der Waals surface area contributed by atoms with Gasteiger partial charge in [0.2, 0.25) is 0 Å². The summed E-state index contributed by atoms with van der Waals surface area (Å²) in [7, 11) is 0. The van der Waals surface area contributed by atoms with Gasteiger partial charge in [-0.3, -0.25) is 9.59 Å². The zero-order valence-electron chi connectivity index (χ0n) is 19.4. The van der Waals surface area contributed by atoms with Crippen LogP contribution in [0, 0.1) is 3.57 Å². The molecule has 1 N–H and O–H groups in total. The van der Waals surface area contributed by atoms with Crippen molar-refractivity contribution in [2.24, 2.45) is 0 Å². The Kier molecular flexibility index (Phi) is 8.91. The number of likely N-dealkylation sites (tertiary alicyclic amines) is 1. The van der Waals surface area contributed by atoms with E-state index in [0.717, 1.165) is 35.2 Å². The molecular weight excluding hydrogens is 531 g/mol. The van der Waals surface area contributed by atoms with Gasteiger partial charge in [0.25, 0.3) is 11.7 Å². The largest absolute Gasteiger partial charge is 0.507 e. The van der Waals surface area contributed by atoms with Crippen molar-refractivity contribution in [3.05, 3.63) is 68.8 Å². The number of carbonyl (C=O) groups is 2. The molecule has 1 amide bonds. The van der Waals surface area contributed by atoms with Gasteiger partial charge in [-0.05, 0) is 97.5 Å². The second-order valence-electron chi connectivity index (χ2n) is 7.88. The fraction of sp³-hybridized carbons (Fsp3) is 0.385. The number of ether oxygens (including phenoxy) is 1. The number of amides is 1. The van der Waals surface area contributed by atoms with Crippen molar-refractivity contribution in [3.63, 3.8) is 0 Å². The Morgan fingerprint density at radius 3 is 2.24 bits per heavy atom. The van der Waals surface area contributed by atoms with E-state index >= 15 is 0 Å². The van der Waals surface area contributed by atoms with Crippen LogP contribution in [0.25, 0.3) is 5.76 Å². The lowest BCUT2D eigenvalue weighted by molar-refractivity contribution is -0.140. The van der Waals surface area contributed by atoms with Gasteiger partial charge in [-0.2, -0.15) is 0 Å². The molecule has 1 aliphatic rings. The molecule has 3 rings (SSSR count). The molecule has 0 radical (unpaired) electrons. The number of benzene rings is 2. The van der Waals surface area contributed by atoms with Crippen LogP contribution in [0.2, 0.25) is 0 Å². The van der Waals surface area contributed by atoms with Crippen LogP contribution >= 0.6 is 22.6 Å². The molecule has 0 bridgehead atoms. The zero-order chi connectivity index (χ0) is 24.0. The summed E-state index contributed by atoms with van der Waals surface area (Å²) < 4.78 is 6.53. The van der Waals surface area contributed by atoms with E-state index < -0.39 is 17.7 Å². The monoisotopic (exact) mass is 562 g/mol. The van der Waals surface area contributed by atoms with Crippen molar-refractivity contribution in [2.45, 2.75) is 33.2 Å². The van der Waals surface area contributed by atoms with Gasteiger partial charge in [-0.1, -0.05) is 26.0 Å². The van der Waals surface area contributed by atoms with Crippen LogP contribution in [-0.2, 0) is 9.59 Å². The Morgan fingerprint density at radius 2 is 1.67 bits per heavy atom. The zero-order valence-corrected chi connectivity index (χ0v) is 21.5. The lowest BCUT2D eigenvalue weighted by Gasteiger charge is -2.27. The van der Waals surface area contributed by atoms with Crippen LogP contribution in [0.1, 0.15) is 44.4 Å². The predicted octanol–water partition coefficient (Wildman–Crippen LogP) is 4.84. The molecule has 6 nitrogen and oxygen atoms in total. The molecular formula is C26H31IN2O4. The number of ketones is 1. The molecule has 7 heteroatoms. The summed E-state index contributed by atoms with van der Waals surface area (Å²) in [6.45, 7) is 9.82. The standard InChI is InChI=1S/C26H31IN2O4/c1-4-28(5-2)16-7-17-29-23(18-8-12-20(27)13-9-18)22(25(31)26(29)32)24(30)19-10-14-21(15-11-19)33-6-3/h8-15,23,30H,4-7,16-17H2,1-3H3. The minimum absolute atomic E-state index is 0.133. The van der Waals surface area contributed by atoms with Gasteiger partial charge in [-0.25, -0.2) is 0 Å².